The van der Waals surface area contributed by atoms with Gasteiger partial charge >= 0.3 is 0 Å². The van der Waals surface area contributed by atoms with Gasteiger partial charge in [0.25, 0.3) is 5.91 Å². The largest absolute Gasteiger partial charge is 0.388 e. The van der Waals surface area contributed by atoms with Gasteiger partial charge in [0.15, 0.2) is 11.9 Å². The molecule has 0 spiro atoms. The molecule has 0 aliphatic rings. The van der Waals surface area contributed by atoms with Crippen LogP contribution in [0.4, 0.5) is 0 Å². The highest BCUT2D eigenvalue weighted by molar-refractivity contribution is 5.80. The number of amides is 1. The monoisotopic (exact) mass is 974 g/mol. The first-order chi connectivity index (χ1) is 31.4. The number of ether oxygens (including phenoxy) is 11. The Labute approximate surface area is 384 Å². The van der Waals surface area contributed by atoms with Crippen molar-refractivity contribution in [2.24, 2.45) is 5.73 Å². The summed E-state index contributed by atoms with van der Waals surface area (Å²) in [6.07, 6.45) is -13.4. The molecule has 0 bridgehead atoms. The van der Waals surface area contributed by atoms with Gasteiger partial charge in [-0.05, 0) is 6.92 Å². The predicted molar refractivity (Wildman–Crippen MR) is 224 cm³/mol. The lowest BCUT2D eigenvalue weighted by Crippen LogP contribution is -2.40. The molecule has 0 aromatic heterocycles. The van der Waals surface area contributed by atoms with E-state index in [1.54, 1.807) is 0 Å². The third kappa shape index (κ3) is 40.1. The molecule has 0 radical (unpaired) electrons. The molecule has 15 N–H and O–H groups in total. The number of hydrogen-bond donors (Lipinski definition) is 14. The molecule has 0 saturated carbocycles. The molecule has 27 nitrogen and oxygen atoms in total. The van der Waals surface area contributed by atoms with Gasteiger partial charge in [-0.3, -0.25) is 9.59 Å². The van der Waals surface area contributed by atoms with Crippen LogP contribution in [0.1, 0.15) is 6.92 Å². The molecule has 12 atom stereocenters. The van der Waals surface area contributed by atoms with Crippen LogP contribution in [-0.4, -0.2) is 305 Å². The maximum absolute atomic E-state index is 11.5. The highest BCUT2D eigenvalue weighted by atomic mass is 16.6. The van der Waals surface area contributed by atoms with Crippen molar-refractivity contribution in [2.45, 2.75) is 80.2 Å². The van der Waals surface area contributed by atoms with E-state index in [1.165, 1.54) is 6.92 Å². The Kier molecular flexibility index (Phi) is 40.9. The van der Waals surface area contributed by atoms with E-state index < -0.39 is 84.9 Å². The second-order valence-electron chi connectivity index (χ2n) is 15.2. The van der Waals surface area contributed by atoms with Gasteiger partial charge in [-0.2, -0.15) is 0 Å². The van der Waals surface area contributed by atoms with E-state index in [9.17, 15) is 70.9 Å². The van der Waals surface area contributed by atoms with Crippen LogP contribution in [0.15, 0.2) is 0 Å². The van der Waals surface area contributed by atoms with E-state index in [0.29, 0.717) is 0 Å². The smallest absolute Gasteiger partial charge is 0.251 e. The molecule has 0 saturated heterocycles. The summed E-state index contributed by atoms with van der Waals surface area (Å²) in [6.45, 7) is -2.87. The fourth-order valence-electron chi connectivity index (χ4n) is 4.68. The van der Waals surface area contributed by atoms with E-state index >= 15 is 0 Å². The fourth-order valence-corrected chi connectivity index (χ4v) is 4.68. The Morgan fingerprint density at radius 1 is 0.333 bits per heavy atom. The summed E-state index contributed by atoms with van der Waals surface area (Å²) in [5, 5.41) is 121. The van der Waals surface area contributed by atoms with E-state index in [1.807, 2.05) is 0 Å². The van der Waals surface area contributed by atoms with Gasteiger partial charge in [0.1, 0.15) is 67.1 Å². The maximum Gasteiger partial charge on any atom is 0.251 e. The Bertz CT molecular complexity index is 1140. The molecular formula is C39H78N2O25. The zero-order valence-electron chi connectivity index (χ0n) is 37.6. The lowest BCUT2D eigenvalue weighted by atomic mass is 10.3. The third-order valence-corrected chi connectivity index (χ3v) is 7.97. The zero-order chi connectivity index (χ0) is 49.5. The number of aliphatic hydroxyl groups is 12. The molecular weight excluding hydrogens is 896 g/mol. The molecule has 12 unspecified atom stereocenters. The number of carbonyl (C=O) groups excluding carboxylic acids is 2. The van der Waals surface area contributed by atoms with Gasteiger partial charge in [-0.25, -0.2) is 0 Å². The molecule has 0 aromatic carbocycles. The SMILES string of the molecule is CC(=O)C(O)COCC(O)COCC(O)COCC(O)COCC(O)COCC(O)COCC(O)COCC(O)COCC(O)COCC(O)COCC(O)COCC(O)C(=O)NCCN. The number of rotatable bonds is 48. The van der Waals surface area contributed by atoms with Gasteiger partial charge in [0.05, 0.1) is 145 Å². The van der Waals surface area contributed by atoms with E-state index in [-0.39, 0.29) is 158 Å². The van der Waals surface area contributed by atoms with E-state index in [0.717, 1.165) is 0 Å². The van der Waals surface area contributed by atoms with Crippen molar-refractivity contribution in [3.63, 3.8) is 0 Å². The second kappa shape index (κ2) is 42.1. The van der Waals surface area contributed by atoms with Gasteiger partial charge < -0.3 is 124 Å². The van der Waals surface area contributed by atoms with E-state index in [2.05, 4.69) is 5.32 Å². The Morgan fingerprint density at radius 3 is 0.667 bits per heavy atom. The Morgan fingerprint density at radius 2 is 0.500 bits per heavy atom. The van der Waals surface area contributed by atoms with Crippen LogP contribution >= 0.6 is 0 Å². The lowest BCUT2D eigenvalue weighted by Gasteiger charge is -2.18. The fraction of sp³-hybridized carbons (Fsp3) is 0.949. The van der Waals surface area contributed by atoms with Crippen LogP contribution in [-0.2, 0) is 61.7 Å². The quantitative estimate of drug-likeness (QED) is 0.0269. The van der Waals surface area contributed by atoms with Gasteiger partial charge in [0.2, 0.25) is 0 Å². The van der Waals surface area contributed by atoms with Crippen LogP contribution in [0, 0.1) is 0 Å². The summed E-state index contributed by atoms with van der Waals surface area (Å²) >= 11 is 0. The standard InChI is InChI=1S/C39H78N2O25/c1-26(42)37(53)24-65-22-35(51)20-63-18-33(49)16-61-14-31(47)12-59-10-29(45)8-57-6-27(43)4-56-5-28(44)7-58-9-30(46)11-60-13-32(48)15-62-17-34(50)19-64-21-36(52)23-66-25-38(54)39(55)41-3-2-40/h27-38,43-54H,2-25,40H2,1H3,(H,41,55). The van der Waals surface area contributed by atoms with Crippen molar-refractivity contribution < 1.29 is 123 Å². The van der Waals surface area contributed by atoms with Crippen molar-refractivity contribution in [3.05, 3.63) is 0 Å². The molecule has 0 fully saturated rings. The Hall–Kier alpha value is -1.82. The van der Waals surface area contributed by atoms with Crippen molar-refractivity contribution >= 4 is 11.7 Å². The molecule has 0 aliphatic heterocycles. The highest BCUT2D eigenvalue weighted by Gasteiger charge is 2.18. The minimum absolute atomic E-state index is 0.172. The van der Waals surface area contributed by atoms with Crippen LogP contribution in [0.2, 0.25) is 0 Å². The first-order valence-corrected chi connectivity index (χ1v) is 21.4. The van der Waals surface area contributed by atoms with Crippen LogP contribution in [0.5, 0.6) is 0 Å². The first kappa shape index (κ1) is 64.2. The number of nitrogens with one attached hydrogen (secondary N) is 1. The summed E-state index contributed by atoms with van der Waals surface area (Å²) in [5.74, 6) is -1.11. The van der Waals surface area contributed by atoms with Crippen LogP contribution in [0.3, 0.4) is 0 Å². The van der Waals surface area contributed by atoms with Gasteiger partial charge in [-0.1, -0.05) is 0 Å². The average Bonchev–Trinajstić information content (AvgIpc) is 3.25. The summed E-state index contributed by atoms with van der Waals surface area (Å²) in [4.78, 5) is 22.5. The molecule has 0 rings (SSSR count). The summed E-state index contributed by atoms with van der Waals surface area (Å²) in [7, 11) is 0. The van der Waals surface area contributed by atoms with Crippen molar-refractivity contribution in [1.82, 2.24) is 5.32 Å². The minimum atomic E-state index is -1.42. The molecule has 0 aromatic rings. The maximum atomic E-state index is 11.5. The summed E-state index contributed by atoms with van der Waals surface area (Å²) < 4.78 is 57.0. The van der Waals surface area contributed by atoms with Crippen molar-refractivity contribution in [3.8, 4) is 0 Å². The number of aliphatic hydroxyl groups excluding tert-OH is 12. The lowest BCUT2D eigenvalue weighted by molar-refractivity contribution is -0.133. The molecule has 394 valence electrons. The average molecular weight is 975 g/mol. The third-order valence-electron chi connectivity index (χ3n) is 7.97. The number of hydrogen-bond acceptors (Lipinski definition) is 26. The predicted octanol–water partition coefficient (Wildman–Crippen LogP) is -8.84. The van der Waals surface area contributed by atoms with Gasteiger partial charge in [0, 0.05) is 13.1 Å². The molecule has 0 heterocycles. The van der Waals surface area contributed by atoms with Crippen molar-refractivity contribution in [1.29, 1.82) is 0 Å². The highest BCUT2D eigenvalue weighted by Crippen LogP contribution is 2.00. The summed E-state index contributed by atoms with van der Waals surface area (Å²) in [6, 6.07) is 0. The number of Topliss-reactive ketones (excluding diaryl/α,β-unsaturated/α-hetero) is 1. The number of nitrogens with two attached hydrogens (primary N) is 1. The Balaban J connectivity index is 3.79. The molecule has 66 heavy (non-hydrogen) atoms. The first-order valence-electron chi connectivity index (χ1n) is 21.4. The molecule has 1 amide bonds. The van der Waals surface area contributed by atoms with E-state index in [4.69, 9.17) is 57.8 Å². The second-order valence-corrected chi connectivity index (χ2v) is 15.2. The van der Waals surface area contributed by atoms with Crippen LogP contribution < -0.4 is 11.1 Å². The normalized spacial score (nSPS) is 17.5. The number of ketones is 1. The topological polar surface area (TPSA) is 416 Å². The minimum Gasteiger partial charge on any atom is -0.388 e. The molecule has 0 aliphatic carbocycles. The summed E-state index contributed by atoms with van der Waals surface area (Å²) in [5.41, 5.74) is 5.26. The zero-order valence-corrected chi connectivity index (χ0v) is 37.6. The molecule has 27 heteroatoms. The van der Waals surface area contributed by atoms with Gasteiger partial charge in [-0.15, -0.1) is 0 Å². The van der Waals surface area contributed by atoms with Crippen LogP contribution in [0.25, 0.3) is 0 Å². The van der Waals surface area contributed by atoms with Crippen molar-refractivity contribution in [2.75, 3.05) is 158 Å². The number of carbonyl (C=O) groups is 2.